The number of hydrogen-bond donors (Lipinski definition) is 1. The Kier molecular flexibility index (Phi) is 5.89. The number of hydrogen-bond acceptors (Lipinski definition) is 5. The minimum Gasteiger partial charge on any atom is -0.356 e. The van der Waals surface area contributed by atoms with Crippen LogP contribution in [0.4, 0.5) is 5.82 Å². The van der Waals surface area contributed by atoms with Gasteiger partial charge < -0.3 is 15.1 Å². The van der Waals surface area contributed by atoms with Crippen LogP contribution >= 0.6 is 0 Å². The van der Waals surface area contributed by atoms with Gasteiger partial charge in [0.25, 0.3) is 0 Å². The van der Waals surface area contributed by atoms with Crippen molar-refractivity contribution in [3.05, 3.63) is 17.6 Å². The predicted molar refractivity (Wildman–Crippen MR) is 99.8 cm³/mol. The number of anilines is 1. The quantitative estimate of drug-likeness (QED) is 0.883. The first-order chi connectivity index (χ1) is 12.0. The van der Waals surface area contributed by atoms with Gasteiger partial charge in [0.1, 0.15) is 11.6 Å². The van der Waals surface area contributed by atoms with Gasteiger partial charge in [-0.25, -0.2) is 9.97 Å². The Morgan fingerprint density at radius 2 is 1.96 bits per heavy atom. The first-order valence-electron chi connectivity index (χ1n) is 9.64. The van der Waals surface area contributed by atoms with Crippen molar-refractivity contribution in [2.45, 2.75) is 64.5 Å². The summed E-state index contributed by atoms with van der Waals surface area (Å²) < 4.78 is 0. The van der Waals surface area contributed by atoms with E-state index >= 15 is 0 Å². The van der Waals surface area contributed by atoms with E-state index in [0.717, 1.165) is 69.1 Å². The fourth-order valence-corrected chi connectivity index (χ4v) is 3.87. The molecule has 0 saturated carbocycles. The summed E-state index contributed by atoms with van der Waals surface area (Å²) in [5, 5.41) is 3.77. The second-order valence-electron chi connectivity index (χ2n) is 7.47. The van der Waals surface area contributed by atoms with Crippen LogP contribution < -0.4 is 10.2 Å². The van der Waals surface area contributed by atoms with Gasteiger partial charge >= 0.3 is 0 Å². The lowest BCUT2D eigenvalue weighted by Crippen LogP contribution is -2.52. The highest BCUT2D eigenvalue weighted by Crippen LogP contribution is 2.20. The number of nitrogens with one attached hydrogen (secondary N) is 1. The second kappa shape index (κ2) is 8.13. The zero-order valence-electron chi connectivity index (χ0n) is 15.8. The van der Waals surface area contributed by atoms with Crippen molar-refractivity contribution in [3.8, 4) is 0 Å². The van der Waals surface area contributed by atoms with E-state index in [1.54, 1.807) is 0 Å². The summed E-state index contributed by atoms with van der Waals surface area (Å²) in [6.07, 6.45) is 5.91. The number of rotatable bonds is 5. The number of likely N-dealkylation sites (tertiary alicyclic amines) is 1. The monoisotopic (exact) mass is 345 g/mol. The SMILES string of the molecule is CCCc1nc(C)cc(N2CCC(N[C@H]3CCC(=O)N(C)C3)CC2)n1. The molecule has 1 atom stereocenters. The van der Waals surface area contributed by atoms with Crippen molar-refractivity contribution in [2.24, 2.45) is 0 Å². The van der Waals surface area contributed by atoms with E-state index in [4.69, 9.17) is 4.98 Å². The maximum absolute atomic E-state index is 11.6. The molecule has 0 bridgehead atoms. The van der Waals surface area contributed by atoms with Gasteiger partial charge in [0.05, 0.1) is 0 Å². The van der Waals surface area contributed by atoms with Crippen molar-refractivity contribution < 1.29 is 4.79 Å². The number of nitrogens with zero attached hydrogens (tertiary/aromatic N) is 4. The lowest BCUT2D eigenvalue weighted by Gasteiger charge is -2.37. The van der Waals surface area contributed by atoms with Gasteiger partial charge in [0.2, 0.25) is 5.91 Å². The Bertz CT molecular complexity index is 597. The summed E-state index contributed by atoms with van der Waals surface area (Å²) in [7, 11) is 1.91. The molecule has 2 aliphatic heterocycles. The van der Waals surface area contributed by atoms with Crippen LogP contribution in [0.1, 0.15) is 50.5 Å². The molecule has 2 fully saturated rings. The molecule has 2 saturated heterocycles. The van der Waals surface area contributed by atoms with E-state index < -0.39 is 0 Å². The molecule has 6 heteroatoms. The van der Waals surface area contributed by atoms with Crippen LogP contribution in [0.5, 0.6) is 0 Å². The zero-order valence-corrected chi connectivity index (χ0v) is 15.8. The van der Waals surface area contributed by atoms with Crippen molar-refractivity contribution in [3.63, 3.8) is 0 Å². The molecular weight excluding hydrogens is 314 g/mol. The molecule has 0 aliphatic carbocycles. The summed E-state index contributed by atoms with van der Waals surface area (Å²) in [5.74, 6) is 2.32. The first kappa shape index (κ1) is 18.1. The third kappa shape index (κ3) is 4.69. The summed E-state index contributed by atoms with van der Waals surface area (Å²) >= 11 is 0. The molecule has 1 aromatic heterocycles. The van der Waals surface area contributed by atoms with Crippen LogP contribution in [0.3, 0.4) is 0 Å². The van der Waals surface area contributed by atoms with Crippen LogP contribution in [0, 0.1) is 6.92 Å². The van der Waals surface area contributed by atoms with Crippen LogP contribution in [-0.2, 0) is 11.2 Å². The van der Waals surface area contributed by atoms with E-state index in [0.29, 0.717) is 18.5 Å². The topological polar surface area (TPSA) is 61.4 Å². The van der Waals surface area contributed by atoms with Crippen molar-refractivity contribution in [2.75, 3.05) is 31.6 Å². The number of likely N-dealkylation sites (N-methyl/N-ethyl adjacent to an activating group) is 1. The van der Waals surface area contributed by atoms with Crippen LogP contribution in [0.2, 0.25) is 0 Å². The highest BCUT2D eigenvalue weighted by atomic mass is 16.2. The van der Waals surface area contributed by atoms with Gasteiger partial charge in [-0.1, -0.05) is 6.92 Å². The summed E-state index contributed by atoms with van der Waals surface area (Å²) in [6, 6.07) is 3.09. The fourth-order valence-electron chi connectivity index (χ4n) is 3.87. The van der Waals surface area contributed by atoms with Gasteiger partial charge in [0.15, 0.2) is 0 Å². The number of aryl methyl sites for hydroxylation is 2. The largest absolute Gasteiger partial charge is 0.356 e. The maximum atomic E-state index is 11.6. The van der Waals surface area contributed by atoms with Crippen molar-refractivity contribution >= 4 is 11.7 Å². The van der Waals surface area contributed by atoms with Gasteiger partial charge in [-0.15, -0.1) is 0 Å². The molecular formula is C19H31N5O. The molecule has 1 N–H and O–H groups in total. The molecule has 3 rings (SSSR count). The van der Waals surface area contributed by atoms with Crippen LogP contribution in [-0.4, -0.2) is 59.5 Å². The first-order valence-corrected chi connectivity index (χ1v) is 9.64. The molecule has 0 spiro atoms. The zero-order chi connectivity index (χ0) is 17.8. The Balaban J connectivity index is 1.53. The summed E-state index contributed by atoms with van der Waals surface area (Å²) in [4.78, 5) is 25.2. The molecule has 0 unspecified atom stereocenters. The Morgan fingerprint density at radius 3 is 2.64 bits per heavy atom. The molecule has 3 heterocycles. The summed E-state index contributed by atoms with van der Waals surface area (Å²) in [5.41, 5.74) is 1.06. The number of carbonyl (C=O) groups is 1. The fraction of sp³-hybridized carbons (Fsp3) is 0.737. The van der Waals surface area contributed by atoms with Crippen LogP contribution in [0.25, 0.3) is 0 Å². The van der Waals surface area contributed by atoms with E-state index in [9.17, 15) is 4.79 Å². The number of piperidine rings is 2. The number of carbonyl (C=O) groups excluding carboxylic acids is 1. The maximum Gasteiger partial charge on any atom is 0.222 e. The third-order valence-corrected chi connectivity index (χ3v) is 5.28. The van der Waals surface area contributed by atoms with Gasteiger partial charge in [-0.05, 0) is 32.6 Å². The molecule has 138 valence electrons. The number of amides is 1. The molecule has 6 nitrogen and oxygen atoms in total. The highest BCUT2D eigenvalue weighted by Gasteiger charge is 2.27. The number of aromatic nitrogens is 2. The standard InChI is InChI=1S/C19H31N5O/c1-4-5-17-20-14(2)12-18(22-17)24-10-8-15(9-11-24)21-16-6-7-19(25)23(3)13-16/h12,15-16,21H,4-11,13H2,1-3H3/t16-/m0/s1. The minimum atomic E-state index is 0.273. The van der Waals surface area contributed by atoms with Gasteiger partial charge in [-0.2, -0.15) is 0 Å². The lowest BCUT2D eigenvalue weighted by atomic mass is 10.00. The van der Waals surface area contributed by atoms with E-state index in [1.807, 2.05) is 11.9 Å². The summed E-state index contributed by atoms with van der Waals surface area (Å²) in [6.45, 7) is 7.12. The van der Waals surface area contributed by atoms with E-state index in [-0.39, 0.29) is 5.91 Å². The minimum absolute atomic E-state index is 0.273. The molecule has 1 amide bonds. The smallest absolute Gasteiger partial charge is 0.222 e. The normalized spacial score (nSPS) is 22.5. The van der Waals surface area contributed by atoms with Gasteiger partial charge in [-0.3, -0.25) is 4.79 Å². The molecule has 2 aliphatic rings. The Morgan fingerprint density at radius 1 is 1.20 bits per heavy atom. The van der Waals surface area contributed by atoms with Crippen molar-refractivity contribution in [1.82, 2.24) is 20.2 Å². The predicted octanol–water partition coefficient (Wildman–Crippen LogP) is 1.92. The Labute approximate surface area is 151 Å². The van der Waals surface area contributed by atoms with Crippen molar-refractivity contribution in [1.29, 1.82) is 0 Å². The average Bonchev–Trinajstić information content (AvgIpc) is 2.59. The highest BCUT2D eigenvalue weighted by molar-refractivity contribution is 5.76. The average molecular weight is 345 g/mol. The molecule has 0 aromatic carbocycles. The molecule has 0 radical (unpaired) electrons. The Hall–Kier alpha value is -1.69. The second-order valence-corrected chi connectivity index (χ2v) is 7.47. The van der Waals surface area contributed by atoms with Gasteiger partial charge in [0, 0.05) is 63.4 Å². The third-order valence-electron chi connectivity index (χ3n) is 5.28. The molecule has 25 heavy (non-hydrogen) atoms. The van der Waals surface area contributed by atoms with E-state index in [1.165, 1.54) is 0 Å². The van der Waals surface area contributed by atoms with Crippen LogP contribution in [0.15, 0.2) is 6.07 Å². The molecule has 1 aromatic rings. The lowest BCUT2D eigenvalue weighted by molar-refractivity contribution is -0.132. The van der Waals surface area contributed by atoms with E-state index in [2.05, 4.69) is 35.1 Å².